The molecule has 4 aliphatic rings. The fourth-order valence-corrected chi connectivity index (χ4v) is 10.6. The summed E-state index contributed by atoms with van der Waals surface area (Å²) in [5.41, 5.74) is -0.424. The molecule has 0 bridgehead atoms. The van der Waals surface area contributed by atoms with Crippen molar-refractivity contribution in [3.63, 3.8) is 0 Å². The van der Waals surface area contributed by atoms with Gasteiger partial charge >= 0.3 is 33.3 Å². The number of esters is 3. The molecular weight excluding hydrogens is 598 g/mol. The highest BCUT2D eigenvalue weighted by atomic mass is 32.2. The second-order valence-electron chi connectivity index (χ2n) is 14.8. The maximum Gasteiger partial charge on any atom is 0.405 e. The maximum absolute atomic E-state index is 13.9. The second kappa shape index (κ2) is 12.4. The molecule has 252 valence electrons. The van der Waals surface area contributed by atoms with Crippen molar-refractivity contribution < 1.29 is 50.3 Å². The maximum atomic E-state index is 13.9. The lowest BCUT2D eigenvalue weighted by molar-refractivity contribution is -0.221. The van der Waals surface area contributed by atoms with Crippen LogP contribution < -0.4 is 0 Å². The van der Waals surface area contributed by atoms with Gasteiger partial charge in [-0.1, -0.05) is 34.1 Å². The molecule has 0 aromatic rings. The Morgan fingerprint density at radius 3 is 2.20 bits per heavy atom. The molecule has 0 aliphatic heterocycles. The quantitative estimate of drug-likeness (QED) is 0.176. The molecule has 0 aromatic carbocycles. The van der Waals surface area contributed by atoms with Crippen LogP contribution in [0.25, 0.3) is 0 Å². The monoisotopic (exact) mass is 648 g/mol. The van der Waals surface area contributed by atoms with E-state index in [9.17, 15) is 31.6 Å². The summed E-state index contributed by atoms with van der Waals surface area (Å²) in [6.07, 6.45) is 3.59. The smallest absolute Gasteiger partial charge is 0.405 e. The Morgan fingerprint density at radius 1 is 0.977 bits per heavy atom. The van der Waals surface area contributed by atoms with E-state index < -0.39 is 32.9 Å². The largest absolute Gasteiger partial charge is 0.462 e. The number of alkyl halides is 2. The van der Waals surface area contributed by atoms with Crippen molar-refractivity contribution in [2.45, 2.75) is 130 Å². The first-order valence-corrected chi connectivity index (χ1v) is 17.6. The van der Waals surface area contributed by atoms with Crippen molar-refractivity contribution in [3.05, 3.63) is 0 Å². The summed E-state index contributed by atoms with van der Waals surface area (Å²) < 4.78 is 75.7. The molecule has 0 radical (unpaired) electrons. The predicted molar refractivity (Wildman–Crippen MR) is 157 cm³/mol. The lowest BCUT2D eigenvalue weighted by atomic mass is 9.42. The van der Waals surface area contributed by atoms with Gasteiger partial charge in [0.25, 0.3) is 0 Å². The minimum atomic E-state index is -5.75. The van der Waals surface area contributed by atoms with Crippen LogP contribution in [0.2, 0.25) is 0 Å². The third-order valence-corrected chi connectivity index (χ3v) is 13.3. The Hall–Kier alpha value is -1.82. The summed E-state index contributed by atoms with van der Waals surface area (Å²) in [7, 11) is -5.75. The van der Waals surface area contributed by atoms with Crippen LogP contribution in [0.1, 0.15) is 106 Å². The molecule has 4 saturated carbocycles. The second-order valence-corrected chi connectivity index (χ2v) is 16.3. The van der Waals surface area contributed by atoms with Crippen molar-refractivity contribution >= 4 is 28.0 Å². The van der Waals surface area contributed by atoms with Crippen molar-refractivity contribution in [3.8, 4) is 0 Å². The Labute approximate surface area is 260 Å². The minimum absolute atomic E-state index is 0.0252. The summed E-state index contributed by atoms with van der Waals surface area (Å²) >= 11 is 0. The summed E-state index contributed by atoms with van der Waals surface area (Å²) in [6.45, 7) is 12.4. The first-order valence-electron chi connectivity index (χ1n) is 16.1. The lowest BCUT2D eigenvalue weighted by Gasteiger charge is -2.64. The molecule has 0 aromatic heterocycles. The van der Waals surface area contributed by atoms with Crippen molar-refractivity contribution in [1.82, 2.24) is 0 Å². The van der Waals surface area contributed by atoms with Gasteiger partial charge in [-0.25, -0.2) is 0 Å². The Balaban J connectivity index is 1.58. The van der Waals surface area contributed by atoms with Gasteiger partial charge in [-0.2, -0.15) is 17.2 Å². The van der Waals surface area contributed by atoms with Crippen LogP contribution in [0.3, 0.4) is 0 Å². The van der Waals surface area contributed by atoms with Crippen molar-refractivity contribution in [2.24, 2.45) is 52.3 Å². The van der Waals surface area contributed by atoms with Gasteiger partial charge < -0.3 is 14.2 Å². The molecule has 4 aliphatic carbocycles. The molecule has 0 saturated heterocycles. The molecule has 12 atom stereocenters. The van der Waals surface area contributed by atoms with Gasteiger partial charge in [-0.3, -0.25) is 18.9 Å². The first-order chi connectivity index (χ1) is 20.2. The standard InChI is InChI=1S/C32H50F2O9S/c1-17-12-13-30(6)22(14-17)15-26(42-20(4)35)29-24-10-9-23(31(24,7)27(16-25(29)30)43-21(5)36)18(2)8-11-28(37)41-19(3)32(33,34)44(38,39)40/h17-19,22-27,29H,8-16H2,1-7H3,(H,38,39,40). The van der Waals surface area contributed by atoms with Crippen LogP contribution in [0.15, 0.2) is 0 Å². The van der Waals surface area contributed by atoms with Gasteiger partial charge in [0.05, 0.1) is 0 Å². The van der Waals surface area contributed by atoms with E-state index in [1.807, 2.05) is 6.92 Å². The average molecular weight is 649 g/mol. The predicted octanol–water partition coefficient (Wildman–Crippen LogP) is 6.19. The zero-order chi connectivity index (χ0) is 33.0. The molecule has 4 rings (SSSR count). The highest BCUT2D eigenvalue weighted by Gasteiger charge is 2.67. The number of carbonyl (C=O) groups is 3. The fourth-order valence-electron chi connectivity index (χ4n) is 10.1. The van der Waals surface area contributed by atoms with Crippen LogP contribution in [-0.4, -0.2) is 54.4 Å². The lowest BCUT2D eigenvalue weighted by Crippen LogP contribution is -2.63. The van der Waals surface area contributed by atoms with E-state index >= 15 is 0 Å². The number of carbonyl (C=O) groups excluding carboxylic acids is 3. The van der Waals surface area contributed by atoms with Crippen LogP contribution in [-0.2, 0) is 38.7 Å². The van der Waals surface area contributed by atoms with Crippen molar-refractivity contribution in [2.75, 3.05) is 0 Å². The van der Waals surface area contributed by atoms with E-state index in [2.05, 4.69) is 20.8 Å². The fraction of sp³-hybridized carbons (Fsp3) is 0.906. The Morgan fingerprint density at radius 2 is 1.61 bits per heavy atom. The molecule has 44 heavy (non-hydrogen) atoms. The third-order valence-electron chi connectivity index (χ3n) is 12.3. The Bertz CT molecular complexity index is 1220. The van der Waals surface area contributed by atoms with Crippen LogP contribution in [0, 0.1) is 52.3 Å². The highest BCUT2D eigenvalue weighted by molar-refractivity contribution is 7.86. The average Bonchev–Trinajstić information content (AvgIpc) is 3.25. The number of hydrogen-bond acceptors (Lipinski definition) is 8. The number of halogens is 2. The molecule has 12 heteroatoms. The first kappa shape index (κ1) is 35.0. The Kier molecular flexibility index (Phi) is 9.89. The number of ether oxygens (including phenoxy) is 3. The molecule has 0 heterocycles. The van der Waals surface area contributed by atoms with Gasteiger partial charge in [0, 0.05) is 31.6 Å². The molecule has 0 amide bonds. The van der Waals surface area contributed by atoms with Gasteiger partial charge in [-0.05, 0) is 92.8 Å². The normalized spacial score (nSPS) is 40.0. The van der Waals surface area contributed by atoms with Gasteiger partial charge in [0.2, 0.25) is 0 Å². The van der Waals surface area contributed by atoms with Gasteiger partial charge in [0.1, 0.15) is 12.2 Å². The van der Waals surface area contributed by atoms with E-state index in [-0.39, 0.29) is 65.6 Å². The molecular formula is C32H50F2O9S. The van der Waals surface area contributed by atoms with Gasteiger partial charge in [0.15, 0.2) is 6.10 Å². The summed E-state index contributed by atoms with van der Waals surface area (Å²) in [5.74, 6) is -0.234. The van der Waals surface area contributed by atoms with E-state index in [0.717, 1.165) is 45.4 Å². The number of fused-ring (bicyclic) bond motifs is 5. The van der Waals surface area contributed by atoms with E-state index in [0.29, 0.717) is 24.7 Å². The zero-order valence-electron chi connectivity index (χ0n) is 27.0. The number of hydrogen-bond donors (Lipinski definition) is 1. The number of rotatable bonds is 9. The molecule has 12 unspecified atom stereocenters. The zero-order valence-corrected chi connectivity index (χ0v) is 27.8. The van der Waals surface area contributed by atoms with E-state index in [1.165, 1.54) is 13.8 Å². The molecule has 9 nitrogen and oxygen atoms in total. The topological polar surface area (TPSA) is 133 Å². The highest BCUT2D eigenvalue weighted by Crippen LogP contribution is 2.69. The van der Waals surface area contributed by atoms with Gasteiger partial charge in [-0.15, -0.1) is 0 Å². The van der Waals surface area contributed by atoms with Crippen LogP contribution in [0.4, 0.5) is 8.78 Å². The third kappa shape index (κ3) is 6.27. The van der Waals surface area contributed by atoms with Crippen molar-refractivity contribution in [1.29, 1.82) is 0 Å². The summed E-state index contributed by atoms with van der Waals surface area (Å²) in [6, 6.07) is 0. The molecule has 4 fully saturated rings. The molecule has 1 N–H and O–H groups in total. The van der Waals surface area contributed by atoms with E-state index in [1.54, 1.807) is 0 Å². The van der Waals surface area contributed by atoms with Crippen LogP contribution >= 0.6 is 0 Å². The van der Waals surface area contributed by atoms with E-state index in [4.69, 9.17) is 18.8 Å². The van der Waals surface area contributed by atoms with Crippen LogP contribution in [0.5, 0.6) is 0 Å². The minimum Gasteiger partial charge on any atom is -0.462 e. The summed E-state index contributed by atoms with van der Waals surface area (Å²) in [4.78, 5) is 37.3. The molecule has 0 spiro atoms. The summed E-state index contributed by atoms with van der Waals surface area (Å²) in [5, 5.41) is -4.62. The SMILES string of the molecule is CC(=O)OC1CC2CC(C)CCC2(C)C2CC(OC(C)=O)C3(C)C(C(C)CCC(=O)OC(C)C(F)(F)S(=O)(=O)O)CCC3C12.